The Kier molecular flexibility index (Phi) is 3.03. The average molecular weight is 188 g/mol. The van der Waals surface area contributed by atoms with Crippen molar-refractivity contribution in [2.24, 2.45) is 0 Å². The molecule has 0 N–H and O–H groups in total. The molecule has 0 aromatic heterocycles. The summed E-state index contributed by atoms with van der Waals surface area (Å²) in [7, 11) is 0. The van der Waals surface area contributed by atoms with Crippen LogP contribution >= 0.6 is 23.2 Å². The van der Waals surface area contributed by atoms with Gasteiger partial charge >= 0.3 is 0 Å². The molecule has 3 heteroatoms. The fraction of sp³-hybridized carbons (Fsp3) is 0.250. The molecule has 0 fully saturated rings. The fourth-order valence-electron chi connectivity index (χ4n) is 0.860. The van der Waals surface area contributed by atoms with Crippen LogP contribution in [0.2, 0.25) is 0 Å². The van der Waals surface area contributed by atoms with Crippen LogP contribution in [0, 0.1) is 6.42 Å². The SMILES string of the molecule is [N-]=C1C(CCl)=C[CH+]C=C1CCl. The van der Waals surface area contributed by atoms with Gasteiger partial charge in [-0.05, 0) is 5.71 Å². The van der Waals surface area contributed by atoms with Crippen molar-refractivity contribution in [2.45, 2.75) is 0 Å². The minimum absolute atomic E-state index is 0.220. The summed E-state index contributed by atoms with van der Waals surface area (Å²) in [5.41, 5.74) is 1.67. The van der Waals surface area contributed by atoms with Crippen molar-refractivity contribution < 1.29 is 0 Å². The summed E-state index contributed by atoms with van der Waals surface area (Å²) in [6.45, 7) is 0. The Balaban J connectivity index is 2.77. The highest BCUT2D eigenvalue weighted by atomic mass is 35.5. The number of nitrogens with zero attached hydrogens (tertiary/aromatic N) is 1. The van der Waals surface area contributed by atoms with Gasteiger partial charge in [-0.15, -0.1) is 23.2 Å². The third kappa shape index (κ3) is 1.79. The van der Waals surface area contributed by atoms with E-state index in [4.69, 9.17) is 23.2 Å². The van der Waals surface area contributed by atoms with E-state index in [9.17, 15) is 5.41 Å². The van der Waals surface area contributed by atoms with Crippen LogP contribution in [-0.2, 0) is 0 Å². The van der Waals surface area contributed by atoms with Gasteiger partial charge in [0.15, 0.2) is 0 Å². The molecule has 1 aliphatic carbocycles. The van der Waals surface area contributed by atoms with E-state index in [2.05, 4.69) is 0 Å². The molecule has 11 heavy (non-hydrogen) atoms. The average Bonchev–Trinajstić information content (AvgIpc) is 2.05. The minimum Gasteiger partial charge on any atom is -0.778 e. The molecule has 0 amide bonds. The lowest BCUT2D eigenvalue weighted by molar-refractivity contribution is 1.45. The Bertz CT molecular complexity index is 206. The van der Waals surface area contributed by atoms with Gasteiger partial charge in [-0.2, -0.15) is 0 Å². The molecule has 0 radical (unpaired) electrons. The van der Waals surface area contributed by atoms with Crippen LogP contribution in [0.25, 0.3) is 5.41 Å². The van der Waals surface area contributed by atoms with Gasteiger partial charge in [-0.25, -0.2) is 0 Å². The first-order valence-electron chi connectivity index (χ1n) is 3.21. The molecule has 0 atom stereocenters. The molecule has 0 aromatic rings. The Morgan fingerprint density at radius 2 is 1.64 bits per heavy atom. The van der Waals surface area contributed by atoms with Gasteiger partial charge in [-0.1, -0.05) is 0 Å². The number of alkyl halides is 2. The van der Waals surface area contributed by atoms with E-state index in [0.29, 0.717) is 11.8 Å². The highest BCUT2D eigenvalue weighted by molar-refractivity contribution is 6.30. The Morgan fingerprint density at radius 3 is 2.00 bits per heavy atom. The maximum absolute atomic E-state index is 9.42. The van der Waals surface area contributed by atoms with Gasteiger partial charge in [-0.3, -0.25) is 0 Å². The van der Waals surface area contributed by atoms with Crippen LogP contribution in [0.15, 0.2) is 23.3 Å². The number of hydrogen-bond acceptors (Lipinski definition) is 0. The van der Waals surface area contributed by atoms with Crippen LogP contribution in [-0.4, -0.2) is 17.5 Å². The smallest absolute Gasteiger partial charge is 0.0912 e. The van der Waals surface area contributed by atoms with E-state index in [-0.39, 0.29) is 5.71 Å². The topological polar surface area (TPSA) is 22.3 Å². The second kappa shape index (κ2) is 3.84. The first-order valence-corrected chi connectivity index (χ1v) is 4.28. The molecule has 58 valence electrons. The van der Waals surface area contributed by atoms with Gasteiger partial charge < -0.3 is 5.41 Å². The number of hydrogen-bond donors (Lipinski definition) is 0. The number of halogens is 2. The van der Waals surface area contributed by atoms with E-state index in [1.54, 1.807) is 12.2 Å². The first kappa shape index (κ1) is 8.69. The first-order chi connectivity index (χ1) is 5.29. The normalized spacial score (nSPS) is 17.1. The van der Waals surface area contributed by atoms with Gasteiger partial charge in [0.25, 0.3) is 0 Å². The van der Waals surface area contributed by atoms with Gasteiger partial charge in [0.1, 0.15) is 0 Å². The largest absolute Gasteiger partial charge is 0.778 e. The lowest BCUT2D eigenvalue weighted by Crippen LogP contribution is -2.10. The summed E-state index contributed by atoms with van der Waals surface area (Å²) in [6.07, 6.45) is 5.38. The van der Waals surface area contributed by atoms with Gasteiger partial charge in [0, 0.05) is 6.42 Å². The Morgan fingerprint density at radius 1 is 1.18 bits per heavy atom. The van der Waals surface area contributed by atoms with Crippen molar-refractivity contribution in [3.8, 4) is 0 Å². The molecule has 0 spiro atoms. The zero-order valence-electron chi connectivity index (χ0n) is 5.85. The van der Waals surface area contributed by atoms with E-state index in [1.165, 1.54) is 0 Å². The van der Waals surface area contributed by atoms with Crippen LogP contribution < -0.4 is 0 Å². The van der Waals surface area contributed by atoms with Crippen molar-refractivity contribution in [3.05, 3.63) is 35.1 Å². The molecule has 1 nitrogen and oxygen atoms in total. The lowest BCUT2D eigenvalue weighted by atomic mass is 9.98. The molecular formula is C8H7Cl2N. The third-order valence-corrected chi connectivity index (χ3v) is 2.07. The predicted molar refractivity (Wildman–Crippen MR) is 50.3 cm³/mol. The number of allylic oxidation sites excluding steroid dienone is 4. The van der Waals surface area contributed by atoms with Crippen molar-refractivity contribution >= 4 is 28.9 Å². The van der Waals surface area contributed by atoms with Crippen molar-refractivity contribution in [2.75, 3.05) is 11.8 Å². The second-order valence-electron chi connectivity index (χ2n) is 2.19. The molecule has 0 bridgehead atoms. The standard InChI is InChI=1S/C8H7Cl2N/c9-4-6-2-1-3-7(5-10)8(6)11/h1-3H,4-5H2. The lowest BCUT2D eigenvalue weighted by Gasteiger charge is -2.11. The van der Waals surface area contributed by atoms with Crippen LogP contribution in [0.1, 0.15) is 0 Å². The van der Waals surface area contributed by atoms with Crippen molar-refractivity contribution in [1.29, 1.82) is 0 Å². The van der Waals surface area contributed by atoms with Crippen LogP contribution in [0.5, 0.6) is 0 Å². The maximum Gasteiger partial charge on any atom is 0.0912 e. The van der Waals surface area contributed by atoms with E-state index in [1.807, 2.05) is 6.42 Å². The van der Waals surface area contributed by atoms with E-state index >= 15 is 0 Å². The zero-order valence-corrected chi connectivity index (χ0v) is 7.36. The van der Waals surface area contributed by atoms with E-state index < -0.39 is 0 Å². The summed E-state index contributed by atoms with van der Waals surface area (Å²) in [5, 5.41) is 9.42. The van der Waals surface area contributed by atoms with Crippen LogP contribution in [0.4, 0.5) is 0 Å². The third-order valence-electron chi connectivity index (χ3n) is 1.49. The summed E-state index contributed by atoms with van der Waals surface area (Å²) >= 11 is 11.1. The second-order valence-corrected chi connectivity index (χ2v) is 2.73. The molecule has 0 saturated heterocycles. The summed E-state index contributed by atoms with van der Waals surface area (Å²) in [6, 6.07) is 0. The highest BCUT2D eigenvalue weighted by Gasteiger charge is 2.14. The van der Waals surface area contributed by atoms with Crippen molar-refractivity contribution in [1.82, 2.24) is 0 Å². The Labute approximate surface area is 76.2 Å². The number of rotatable bonds is 2. The summed E-state index contributed by atoms with van der Waals surface area (Å²) < 4.78 is 0. The fourth-order valence-corrected chi connectivity index (χ4v) is 1.29. The molecule has 0 aromatic carbocycles. The van der Waals surface area contributed by atoms with Gasteiger partial charge in [0.2, 0.25) is 0 Å². The molecular weight excluding hydrogens is 181 g/mol. The molecule has 0 unspecified atom stereocenters. The summed E-state index contributed by atoms with van der Waals surface area (Å²) in [5.74, 6) is 0.632. The molecule has 0 heterocycles. The zero-order chi connectivity index (χ0) is 8.27. The monoisotopic (exact) mass is 187 g/mol. The molecule has 0 aliphatic heterocycles. The summed E-state index contributed by atoms with van der Waals surface area (Å²) in [4.78, 5) is 0. The maximum atomic E-state index is 9.42. The van der Waals surface area contributed by atoms with Crippen molar-refractivity contribution in [3.63, 3.8) is 0 Å². The van der Waals surface area contributed by atoms with E-state index in [0.717, 1.165) is 11.1 Å². The molecule has 0 saturated carbocycles. The quantitative estimate of drug-likeness (QED) is 0.469. The minimum atomic E-state index is 0.220. The molecule has 1 rings (SSSR count). The predicted octanol–water partition coefficient (Wildman–Crippen LogP) is 2.55. The van der Waals surface area contributed by atoms with Gasteiger partial charge in [0.05, 0.1) is 35.1 Å². The highest BCUT2D eigenvalue weighted by Crippen LogP contribution is 2.16. The Hall–Kier alpha value is -0.400. The molecule has 1 aliphatic rings. The van der Waals surface area contributed by atoms with Crippen LogP contribution in [0.3, 0.4) is 0 Å².